The molecular formula is C16H16N2O2S. The highest BCUT2D eigenvalue weighted by atomic mass is 32.2. The fourth-order valence-corrected chi connectivity index (χ4v) is 2.94. The highest BCUT2D eigenvalue weighted by Gasteiger charge is 2.13. The molecule has 108 valence electrons. The van der Waals surface area contributed by atoms with Crippen molar-refractivity contribution >= 4 is 15.7 Å². The minimum atomic E-state index is -3.59. The van der Waals surface area contributed by atoms with E-state index in [2.05, 4.69) is 16.6 Å². The molecule has 21 heavy (non-hydrogen) atoms. The van der Waals surface area contributed by atoms with Gasteiger partial charge >= 0.3 is 0 Å². The molecule has 2 aromatic carbocycles. The Morgan fingerprint density at radius 1 is 1.14 bits per heavy atom. The summed E-state index contributed by atoms with van der Waals surface area (Å²) in [6.45, 7) is 2.15. The fourth-order valence-electron chi connectivity index (χ4n) is 1.88. The van der Waals surface area contributed by atoms with Gasteiger partial charge < -0.3 is 5.73 Å². The maximum absolute atomic E-state index is 12.3. The summed E-state index contributed by atoms with van der Waals surface area (Å²) in [4.78, 5) is 0.223. The van der Waals surface area contributed by atoms with Crippen molar-refractivity contribution in [2.75, 3.05) is 11.3 Å². The number of nitrogens with two attached hydrogens (primary N) is 1. The van der Waals surface area contributed by atoms with Crippen LogP contribution in [0.1, 0.15) is 11.1 Å². The molecule has 0 spiro atoms. The maximum atomic E-state index is 12.3. The van der Waals surface area contributed by atoms with Gasteiger partial charge in [-0.15, -0.1) is 0 Å². The van der Waals surface area contributed by atoms with Gasteiger partial charge in [0.15, 0.2) is 0 Å². The van der Waals surface area contributed by atoms with Gasteiger partial charge in [-0.2, -0.15) is 0 Å². The van der Waals surface area contributed by atoms with E-state index in [0.29, 0.717) is 5.69 Å². The molecule has 3 N–H and O–H groups in total. The van der Waals surface area contributed by atoms with Crippen molar-refractivity contribution in [2.45, 2.75) is 11.8 Å². The third-order valence-electron chi connectivity index (χ3n) is 2.72. The van der Waals surface area contributed by atoms with E-state index in [9.17, 15) is 8.42 Å². The van der Waals surface area contributed by atoms with E-state index in [1.54, 1.807) is 42.5 Å². The van der Waals surface area contributed by atoms with Crippen LogP contribution in [0, 0.1) is 18.8 Å². The second-order valence-electron chi connectivity index (χ2n) is 4.51. The van der Waals surface area contributed by atoms with Gasteiger partial charge in [0.2, 0.25) is 0 Å². The molecule has 4 nitrogen and oxygen atoms in total. The summed E-state index contributed by atoms with van der Waals surface area (Å²) in [5, 5.41) is 0. The van der Waals surface area contributed by atoms with Gasteiger partial charge in [-0.1, -0.05) is 30.0 Å². The summed E-state index contributed by atoms with van der Waals surface area (Å²) in [6, 6.07) is 13.6. The molecule has 0 aliphatic carbocycles. The summed E-state index contributed by atoms with van der Waals surface area (Å²) in [7, 11) is -3.59. The molecule has 2 aromatic rings. The lowest BCUT2D eigenvalue weighted by molar-refractivity contribution is 0.601. The zero-order chi connectivity index (χ0) is 15.3. The van der Waals surface area contributed by atoms with Crippen LogP contribution in [0.25, 0.3) is 0 Å². The number of benzene rings is 2. The number of aryl methyl sites for hydroxylation is 1. The van der Waals surface area contributed by atoms with E-state index < -0.39 is 10.0 Å². The number of hydrogen-bond donors (Lipinski definition) is 2. The average molecular weight is 300 g/mol. The molecule has 0 bridgehead atoms. The lowest BCUT2D eigenvalue weighted by Gasteiger charge is -2.09. The second kappa shape index (κ2) is 6.44. The Bertz CT molecular complexity index is 788. The SMILES string of the molecule is Cc1cc(C#CCN)cc(NS(=O)(=O)c2ccccc2)c1. The molecule has 2 rings (SSSR count). The molecular weight excluding hydrogens is 284 g/mol. The van der Waals surface area contributed by atoms with Gasteiger partial charge in [0, 0.05) is 5.56 Å². The minimum absolute atomic E-state index is 0.223. The van der Waals surface area contributed by atoms with Gasteiger partial charge in [0.1, 0.15) is 0 Å². The fraction of sp³-hybridized carbons (Fsp3) is 0.125. The monoisotopic (exact) mass is 300 g/mol. The molecule has 0 radical (unpaired) electrons. The molecule has 0 atom stereocenters. The van der Waals surface area contributed by atoms with E-state index >= 15 is 0 Å². The number of sulfonamides is 1. The average Bonchev–Trinajstić information content (AvgIpc) is 2.45. The Morgan fingerprint density at radius 3 is 2.52 bits per heavy atom. The summed E-state index contributed by atoms with van der Waals surface area (Å²) in [6.07, 6.45) is 0. The molecule has 0 saturated heterocycles. The number of hydrogen-bond acceptors (Lipinski definition) is 3. The van der Waals surface area contributed by atoms with Crippen LogP contribution in [-0.2, 0) is 10.0 Å². The molecule has 0 fully saturated rings. The summed E-state index contributed by atoms with van der Waals surface area (Å²) in [5.41, 5.74) is 7.48. The Balaban J connectivity index is 2.33. The Labute approximate surface area is 125 Å². The van der Waals surface area contributed by atoms with E-state index in [0.717, 1.165) is 11.1 Å². The van der Waals surface area contributed by atoms with Crippen molar-refractivity contribution in [2.24, 2.45) is 5.73 Å². The Morgan fingerprint density at radius 2 is 1.86 bits per heavy atom. The van der Waals surface area contributed by atoms with Crippen LogP contribution in [0.15, 0.2) is 53.4 Å². The molecule has 0 aliphatic rings. The van der Waals surface area contributed by atoms with Crippen LogP contribution in [0.3, 0.4) is 0 Å². The van der Waals surface area contributed by atoms with E-state index in [1.807, 2.05) is 13.0 Å². The van der Waals surface area contributed by atoms with E-state index in [-0.39, 0.29) is 11.4 Å². The summed E-state index contributed by atoms with van der Waals surface area (Å²) in [5.74, 6) is 5.66. The van der Waals surface area contributed by atoms with Crippen molar-refractivity contribution in [1.82, 2.24) is 0 Å². The molecule has 0 saturated carbocycles. The van der Waals surface area contributed by atoms with Gasteiger partial charge in [0.25, 0.3) is 10.0 Å². The Kier molecular flexibility index (Phi) is 4.63. The van der Waals surface area contributed by atoms with Crippen molar-refractivity contribution in [3.05, 3.63) is 59.7 Å². The molecule has 5 heteroatoms. The third kappa shape index (κ3) is 4.09. The van der Waals surface area contributed by atoms with E-state index in [4.69, 9.17) is 5.73 Å². The van der Waals surface area contributed by atoms with Crippen LogP contribution in [0.4, 0.5) is 5.69 Å². The van der Waals surface area contributed by atoms with Crippen LogP contribution < -0.4 is 10.5 Å². The topological polar surface area (TPSA) is 72.2 Å². The maximum Gasteiger partial charge on any atom is 0.261 e. The smallest absolute Gasteiger partial charge is 0.261 e. The zero-order valence-electron chi connectivity index (χ0n) is 11.6. The van der Waals surface area contributed by atoms with Crippen molar-refractivity contribution < 1.29 is 8.42 Å². The first-order chi connectivity index (χ1) is 10.0. The van der Waals surface area contributed by atoms with Crippen LogP contribution in [0.5, 0.6) is 0 Å². The van der Waals surface area contributed by atoms with Crippen LogP contribution in [0.2, 0.25) is 0 Å². The first-order valence-electron chi connectivity index (χ1n) is 6.40. The molecule has 0 amide bonds. The molecule has 0 unspecified atom stereocenters. The number of rotatable bonds is 3. The third-order valence-corrected chi connectivity index (χ3v) is 4.12. The van der Waals surface area contributed by atoms with Gasteiger partial charge in [-0.25, -0.2) is 8.42 Å². The van der Waals surface area contributed by atoms with E-state index in [1.165, 1.54) is 0 Å². The van der Waals surface area contributed by atoms with Crippen LogP contribution in [-0.4, -0.2) is 15.0 Å². The number of nitrogens with one attached hydrogen (secondary N) is 1. The largest absolute Gasteiger partial charge is 0.320 e. The van der Waals surface area contributed by atoms with Crippen molar-refractivity contribution in [3.63, 3.8) is 0 Å². The Hall–Kier alpha value is -2.29. The van der Waals surface area contributed by atoms with Gasteiger partial charge in [-0.3, -0.25) is 4.72 Å². The molecule has 0 heterocycles. The van der Waals surface area contributed by atoms with Crippen LogP contribution >= 0.6 is 0 Å². The predicted octanol–water partition coefficient (Wildman–Crippen LogP) is 2.11. The first-order valence-corrected chi connectivity index (χ1v) is 7.88. The van der Waals surface area contributed by atoms with Crippen molar-refractivity contribution in [1.29, 1.82) is 0 Å². The highest BCUT2D eigenvalue weighted by molar-refractivity contribution is 7.92. The highest BCUT2D eigenvalue weighted by Crippen LogP contribution is 2.18. The first kappa shape index (κ1) is 15.1. The standard InChI is InChI=1S/C16H16N2O2S/c1-13-10-14(6-5-9-17)12-15(11-13)18-21(19,20)16-7-3-2-4-8-16/h2-4,7-8,10-12,18H,9,17H2,1H3. The summed E-state index contributed by atoms with van der Waals surface area (Å²) >= 11 is 0. The van der Waals surface area contributed by atoms with Crippen molar-refractivity contribution in [3.8, 4) is 11.8 Å². The summed E-state index contributed by atoms with van der Waals surface area (Å²) < 4.78 is 27.1. The number of anilines is 1. The minimum Gasteiger partial charge on any atom is -0.320 e. The quantitative estimate of drug-likeness (QED) is 0.853. The zero-order valence-corrected chi connectivity index (χ0v) is 12.4. The lowest BCUT2D eigenvalue weighted by atomic mass is 10.1. The second-order valence-corrected chi connectivity index (χ2v) is 6.19. The van der Waals surface area contributed by atoms with Gasteiger partial charge in [0.05, 0.1) is 17.1 Å². The normalized spacial score (nSPS) is 10.6. The molecule has 0 aromatic heterocycles. The molecule has 0 aliphatic heterocycles. The lowest BCUT2D eigenvalue weighted by Crippen LogP contribution is -2.13. The predicted molar refractivity (Wildman–Crippen MR) is 84.4 cm³/mol. The van der Waals surface area contributed by atoms with Gasteiger partial charge in [-0.05, 0) is 42.8 Å².